The van der Waals surface area contributed by atoms with Crippen molar-refractivity contribution in [2.45, 2.75) is 39.8 Å². The van der Waals surface area contributed by atoms with Crippen molar-refractivity contribution < 1.29 is 19.1 Å². The van der Waals surface area contributed by atoms with Crippen molar-refractivity contribution >= 4 is 28.6 Å². The zero-order valence-electron chi connectivity index (χ0n) is 20.5. The molecule has 0 unspecified atom stereocenters. The van der Waals surface area contributed by atoms with Gasteiger partial charge in [-0.1, -0.05) is 24.3 Å². The SMILES string of the molecule is CCOC(=O)c1cc2c(=O)n3ccccc3nc2n(CCCOC(C)C)c1=NC(=O)c1ccccc1. The molecule has 1 aromatic carbocycles. The van der Waals surface area contributed by atoms with E-state index in [4.69, 9.17) is 14.5 Å². The number of ether oxygens (including phenoxy) is 2. The fourth-order valence-corrected chi connectivity index (χ4v) is 3.85. The number of hydrogen-bond acceptors (Lipinski definition) is 6. The molecule has 0 aliphatic heterocycles. The number of fused-ring (bicyclic) bond motifs is 2. The minimum Gasteiger partial charge on any atom is -0.462 e. The molecule has 186 valence electrons. The summed E-state index contributed by atoms with van der Waals surface area (Å²) in [4.78, 5) is 48.5. The first-order chi connectivity index (χ1) is 17.4. The first-order valence-corrected chi connectivity index (χ1v) is 11.9. The number of carbonyl (C=O) groups excluding carboxylic acids is 2. The van der Waals surface area contributed by atoms with Crippen molar-refractivity contribution in [1.29, 1.82) is 0 Å². The maximum Gasteiger partial charge on any atom is 0.341 e. The van der Waals surface area contributed by atoms with Crippen molar-refractivity contribution in [1.82, 2.24) is 14.0 Å². The summed E-state index contributed by atoms with van der Waals surface area (Å²) in [5.74, 6) is -1.20. The van der Waals surface area contributed by atoms with E-state index in [1.165, 1.54) is 10.5 Å². The zero-order valence-corrected chi connectivity index (χ0v) is 20.5. The lowest BCUT2D eigenvalue weighted by atomic mass is 10.2. The number of carbonyl (C=O) groups is 2. The van der Waals surface area contributed by atoms with E-state index in [0.717, 1.165) is 0 Å². The summed E-state index contributed by atoms with van der Waals surface area (Å²) in [5.41, 5.74) is 0.900. The summed E-state index contributed by atoms with van der Waals surface area (Å²) in [6, 6.07) is 15.2. The molecule has 0 fully saturated rings. The molecule has 0 spiro atoms. The highest BCUT2D eigenvalue weighted by molar-refractivity contribution is 5.97. The van der Waals surface area contributed by atoms with Crippen molar-refractivity contribution in [2.24, 2.45) is 4.99 Å². The van der Waals surface area contributed by atoms with Crippen LogP contribution in [0.3, 0.4) is 0 Å². The van der Waals surface area contributed by atoms with Gasteiger partial charge in [-0.25, -0.2) is 9.78 Å². The normalized spacial score (nSPS) is 11.9. The Balaban J connectivity index is 2.03. The number of aryl methyl sites for hydroxylation is 1. The zero-order chi connectivity index (χ0) is 25.7. The van der Waals surface area contributed by atoms with Gasteiger partial charge in [-0.15, -0.1) is 0 Å². The van der Waals surface area contributed by atoms with E-state index < -0.39 is 11.9 Å². The topological polar surface area (TPSA) is 104 Å². The lowest BCUT2D eigenvalue weighted by molar-refractivity contribution is 0.0523. The lowest BCUT2D eigenvalue weighted by Gasteiger charge is -2.15. The molecule has 0 aliphatic rings. The summed E-state index contributed by atoms with van der Waals surface area (Å²) in [6.45, 7) is 6.45. The van der Waals surface area contributed by atoms with Crippen molar-refractivity contribution in [3.05, 3.63) is 87.8 Å². The van der Waals surface area contributed by atoms with E-state index in [0.29, 0.717) is 36.4 Å². The van der Waals surface area contributed by atoms with Crippen LogP contribution in [0.4, 0.5) is 0 Å². The third-order valence-corrected chi connectivity index (χ3v) is 5.49. The second-order valence-electron chi connectivity index (χ2n) is 8.39. The Labute approximate surface area is 207 Å². The van der Waals surface area contributed by atoms with E-state index >= 15 is 0 Å². The molecule has 9 heteroatoms. The molecule has 0 radical (unpaired) electrons. The molecule has 4 aromatic rings. The van der Waals surface area contributed by atoms with Crippen LogP contribution in [0.1, 0.15) is 47.9 Å². The molecule has 0 saturated carbocycles. The third-order valence-electron chi connectivity index (χ3n) is 5.49. The van der Waals surface area contributed by atoms with Gasteiger partial charge in [0.15, 0.2) is 5.49 Å². The van der Waals surface area contributed by atoms with Gasteiger partial charge in [0.25, 0.3) is 11.5 Å². The van der Waals surface area contributed by atoms with Crippen LogP contribution in [0.15, 0.2) is 70.6 Å². The molecular weight excluding hydrogens is 460 g/mol. The second kappa shape index (κ2) is 11.1. The van der Waals surface area contributed by atoms with Gasteiger partial charge in [0.1, 0.15) is 16.9 Å². The number of nitrogens with zero attached hydrogens (tertiary/aromatic N) is 4. The predicted octanol–water partition coefficient (Wildman–Crippen LogP) is 3.38. The van der Waals surface area contributed by atoms with E-state index in [1.54, 1.807) is 66.2 Å². The minimum absolute atomic E-state index is 0.0215. The Morgan fingerprint density at radius 3 is 2.56 bits per heavy atom. The molecular formula is C27H28N4O5. The molecule has 36 heavy (non-hydrogen) atoms. The van der Waals surface area contributed by atoms with E-state index in [2.05, 4.69) is 4.99 Å². The lowest BCUT2D eigenvalue weighted by Crippen LogP contribution is -2.33. The number of amides is 1. The first kappa shape index (κ1) is 25.0. The van der Waals surface area contributed by atoms with Gasteiger partial charge >= 0.3 is 5.97 Å². The summed E-state index contributed by atoms with van der Waals surface area (Å²) in [7, 11) is 0. The van der Waals surface area contributed by atoms with Crippen LogP contribution in [0.5, 0.6) is 0 Å². The molecule has 3 aromatic heterocycles. The highest BCUT2D eigenvalue weighted by Gasteiger charge is 2.20. The quantitative estimate of drug-likeness (QED) is 0.214. The molecule has 0 bridgehead atoms. The number of aromatic nitrogens is 3. The van der Waals surface area contributed by atoms with Crippen LogP contribution in [0.25, 0.3) is 16.7 Å². The van der Waals surface area contributed by atoms with Crippen molar-refractivity contribution in [3.8, 4) is 0 Å². The van der Waals surface area contributed by atoms with Crippen LogP contribution >= 0.6 is 0 Å². The Morgan fingerprint density at radius 1 is 1.08 bits per heavy atom. The molecule has 3 heterocycles. The van der Waals surface area contributed by atoms with Gasteiger partial charge < -0.3 is 14.0 Å². The van der Waals surface area contributed by atoms with E-state index in [9.17, 15) is 14.4 Å². The molecule has 1 amide bonds. The highest BCUT2D eigenvalue weighted by Crippen LogP contribution is 2.13. The average molecular weight is 489 g/mol. The largest absolute Gasteiger partial charge is 0.462 e. The molecule has 9 nitrogen and oxygen atoms in total. The molecule has 0 atom stereocenters. The third kappa shape index (κ3) is 5.26. The number of benzene rings is 1. The molecule has 4 rings (SSSR count). The van der Waals surface area contributed by atoms with Crippen molar-refractivity contribution in [2.75, 3.05) is 13.2 Å². The van der Waals surface area contributed by atoms with E-state index in [1.807, 2.05) is 13.8 Å². The number of esters is 1. The smallest absolute Gasteiger partial charge is 0.341 e. The van der Waals surface area contributed by atoms with E-state index in [-0.39, 0.29) is 34.7 Å². The minimum atomic E-state index is -0.677. The summed E-state index contributed by atoms with van der Waals surface area (Å²) in [6.07, 6.45) is 2.21. The van der Waals surface area contributed by atoms with Crippen LogP contribution in [-0.4, -0.2) is 45.1 Å². The second-order valence-corrected chi connectivity index (χ2v) is 8.39. The monoisotopic (exact) mass is 488 g/mol. The van der Waals surface area contributed by atoms with Crippen LogP contribution in [0.2, 0.25) is 0 Å². The maximum atomic E-state index is 13.4. The summed E-state index contributed by atoms with van der Waals surface area (Å²) >= 11 is 0. The van der Waals surface area contributed by atoms with Gasteiger partial charge in [-0.3, -0.25) is 14.0 Å². The van der Waals surface area contributed by atoms with Gasteiger partial charge in [0, 0.05) is 24.9 Å². The highest BCUT2D eigenvalue weighted by atomic mass is 16.5. The van der Waals surface area contributed by atoms with Gasteiger partial charge in [0.05, 0.1) is 18.1 Å². The van der Waals surface area contributed by atoms with Crippen molar-refractivity contribution in [3.63, 3.8) is 0 Å². The molecule has 0 saturated heterocycles. The van der Waals surface area contributed by atoms with Crippen LogP contribution in [0, 0.1) is 0 Å². The fourth-order valence-electron chi connectivity index (χ4n) is 3.85. The number of hydrogen-bond donors (Lipinski definition) is 0. The average Bonchev–Trinajstić information content (AvgIpc) is 2.88. The first-order valence-electron chi connectivity index (χ1n) is 11.9. The Morgan fingerprint density at radius 2 is 1.83 bits per heavy atom. The maximum absolute atomic E-state index is 13.4. The Bertz CT molecular complexity index is 1540. The molecule has 0 N–H and O–H groups in total. The van der Waals surface area contributed by atoms with Gasteiger partial charge in [0.2, 0.25) is 0 Å². The summed E-state index contributed by atoms with van der Waals surface area (Å²) < 4.78 is 14.0. The Kier molecular flexibility index (Phi) is 7.70. The number of pyridine rings is 2. The van der Waals surface area contributed by atoms with Crippen LogP contribution < -0.4 is 11.0 Å². The standard InChI is InChI=1S/C27H28N4O5/c1-4-35-27(34)21-17-20-23(28-22-13-8-9-14-30(22)26(20)33)31(15-10-16-36-18(2)3)24(21)29-25(32)19-11-6-5-7-12-19/h5-9,11-14,17-18H,4,10,15-16H2,1-3H3. The summed E-state index contributed by atoms with van der Waals surface area (Å²) in [5, 5.41) is 0.220. The van der Waals surface area contributed by atoms with Gasteiger partial charge in [-0.2, -0.15) is 4.99 Å². The Hall–Kier alpha value is -4.11. The fraction of sp³-hybridized carbons (Fsp3) is 0.296. The van der Waals surface area contributed by atoms with Gasteiger partial charge in [-0.05, 0) is 57.5 Å². The molecule has 0 aliphatic carbocycles. The predicted molar refractivity (Wildman–Crippen MR) is 135 cm³/mol. The van der Waals surface area contributed by atoms with Crippen LogP contribution in [-0.2, 0) is 16.0 Å². The number of rotatable bonds is 8.